The maximum Gasteiger partial charge on any atom is 0.411 e. The van der Waals surface area contributed by atoms with Crippen LogP contribution < -0.4 is 5.32 Å². The van der Waals surface area contributed by atoms with Crippen LogP contribution in [0.25, 0.3) is 10.6 Å². The Morgan fingerprint density at radius 2 is 2.08 bits per heavy atom. The highest BCUT2D eigenvalue weighted by Gasteiger charge is 2.23. The predicted octanol–water partition coefficient (Wildman–Crippen LogP) is 3.75. The second kappa shape index (κ2) is 7.98. The lowest BCUT2D eigenvalue weighted by Gasteiger charge is -2.29. The minimum atomic E-state index is -0.893. The Morgan fingerprint density at radius 3 is 2.76 bits per heavy atom. The smallest absolute Gasteiger partial charge is 0.411 e. The number of thiazole rings is 1. The molecule has 0 radical (unpaired) electrons. The van der Waals surface area contributed by atoms with Crippen molar-refractivity contribution in [1.29, 1.82) is 0 Å². The minimum absolute atomic E-state index is 0.190. The molecule has 1 aromatic carbocycles. The van der Waals surface area contributed by atoms with Gasteiger partial charge in [0.05, 0.1) is 12.3 Å². The summed E-state index contributed by atoms with van der Waals surface area (Å²) in [5.41, 5.74) is 1.51. The first-order chi connectivity index (χ1) is 12.1. The molecule has 0 aliphatic carbocycles. The average molecular weight is 361 g/mol. The summed E-state index contributed by atoms with van der Waals surface area (Å²) in [7, 11) is 0. The molecule has 132 valence electrons. The van der Waals surface area contributed by atoms with Gasteiger partial charge >= 0.3 is 12.2 Å². The second-order valence-electron chi connectivity index (χ2n) is 5.82. The van der Waals surface area contributed by atoms with Gasteiger partial charge in [0.25, 0.3) is 0 Å². The maximum absolute atomic E-state index is 12.1. The summed E-state index contributed by atoms with van der Waals surface area (Å²) in [5, 5.41) is 14.4. The summed E-state index contributed by atoms with van der Waals surface area (Å²) >= 11 is 1.50. The Morgan fingerprint density at radius 1 is 1.32 bits per heavy atom. The first kappa shape index (κ1) is 17.2. The van der Waals surface area contributed by atoms with E-state index in [-0.39, 0.29) is 5.92 Å². The van der Waals surface area contributed by atoms with Crippen LogP contribution in [-0.4, -0.2) is 46.9 Å². The predicted molar refractivity (Wildman–Crippen MR) is 94.8 cm³/mol. The molecule has 7 nitrogen and oxygen atoms in total. The van der Waals surface area contributed by atoms with E-state index in [0.717, 1.165) is 10.6 Å². The number of nitrogens with zero attached hydrogens (tertiary/aromatic N) is 2. The SMILES string of the molecule is O=C(Nc1ccccc1-c1nccs1)OCC1CCN(C(=O)O)CC1. The lowest BCUT2D eigenvalue weighted by atomic mass is 9.98. The van der Waals surface area contributed by atoms with E-state index in [1.165, 1.54) is 16.2 Å². The van der Waals surface area contributed by atoms with E-state index in [9.17, 15) is 9.59 Å². The van der Waals surface area contributed by atoms with E-state index in [0.29, 0.717) is 38.2 Å². The third kappa shape index (κ3) is 4.48. The number of benzene rings is 1. The van der Waals surface area contributed by atoms with Gasteiger partial charge in [-0.2, -0.15) is 0 Å². The zero-order valence-corrected chi connectivity index (χ0v) is 14.4. The van der Waals surface area contributed by atoms with E-state index < -0.39 is 12.2 Å². The molecule has 0 atom stereocenters. The number of carbonyl (C=O) groups excluding carboxylic acids is 1. The monoisotopic (exact) mass is 361 g/mol. The highest BCUT2D eigenvalue weighted by molar-refractivity contribution is 7.13. The van der Waals surface area contributed by atoms with Crippen molar-refractivity contribution < 1.29 is 19.4 Å². The summed E-state index contributed by atoms with van der Waals surface area (Å²) in [6.07, 6.45) is 1.73. The number of carboxylic acid groups (broad SMARTS) is 1. The van der Waals surface area contributed by atoms with Crippen molar-refractivity contribution in [2.75, 3.05) is 25.0 Å². The van der Waals surface area contributed by atoms with Gasteiger partial charge in [-0.3, -0.25) is 5.32 Å². The summed E-state index contributed by atoms with van der Waals surface area (Å²) in [6, 6.07) is 7.44. The average Bonchev–Trinajstić information content (AvgIpc) is 3.15. The molecule has 1 aliphatic rings. The number of amides is 2. The molecular weight excluding hydrogens is 342 g/mol. The van der Waals surface area contributed by atoms with Crippen molar-refractivity contribution >= 4 is 29.2 Å². The third-order valence-electron chi connectivity index (χ3n) is 4.16. The van der Waals surface area contributed by atoms with Gasteiger partial charge in [0.1, 0.15) is 5.01 Å². The van der Waals surface area contributed by atoms with Crippen LogP contribution >= 0.6 is 11.3 Å². The van der Waals surface area contributed by atoms with Crippen LogP contribution in [0.15, 0.2) is 35.8 Å². The lowest BCUT2D eigenvalue weighted by molar-refractivity contribution is 0.0948. The van der Waals surface area contributed by atoms with Gasteiger partial charge < -0.3 is 14.7 Å². The minimum Gasteiger partial charge on any atom is -0.465 e. The Kier molecular flexibility index (Phi) is 5.49. The van der Waals surface area contributed by atoms with E-state index in [2.05, 4.69) is 10.3 Å². The zero-order valence-electron chi connectivity index (χ0n) is 13.6. The lowest BCUT2D eigenvalue weighted by Crippen LogP contribution is -2.38. The van der Waals surface area contributed by atoms with Crippen LogP contribution in [-0.2, 0) is 4.74 Å². The molecule has 25 heavy (non-hydrogen) atoms. The number of carbonyl (C=O) groups is 2. The van der Waals surface area contributed by atoms with Crippen molar-refractivity contribution in [3.8, 4) is 10.6 Å². The van der Waals surface area contributed by atoms with E-state index >= 15 is 0 Å². The molecule has 0 spiro atoms. The van der Waals surface area contributed by atoms with Gasteiger partial charge in [0, 0.05) is 30.2 Å². The quantitative estimate of drug-likeness (QED) is 0.865. The van der Waals surface area contributed by atoms with E-state index in [1.807, 2.05) is 29.6 Å². The number of ether oxygens (including phenoxy) is 1. The van der Waals surface area contributed by atoms with Crippen LogP contribution in [0, 0.1) is 5.92 Å². The highest BCUT2D eigenvalue weighted by atomic mass is 32.1. The Hall–Kier alpha value is -2.61. The number of para-hydroxylation sites is 1. The number of rotatable bonds is 4. The van der Waals surface area contributed by atoms with Crippen LogP contribution in [0.5, 0.6) is 0 Å². The number of anilines is 1. The van der Waals surface area contributed by atoms with Gasteiger partial charge in [-0.1, -0.05) is 12.1 Å². The first-order valence-electron chi connectivity index (χ1n) is 8.04. The normalized spacial score (nSPS) is 15.0. The molecule has 2 amide bonds. The fourth-order valence-corrected chi connectivity index (χ4v) is 3.44. The molecule has 0 bridgehead atoms. The van der Waals surface area contributed by atoms with Crippen LogP contribution in [0.1, 0.15) is 12.8 Å². The summed E-state index contributed by atoms with van der Waals surface area (Å²) in [6.45, 7) is 1.26. The number of hydrogen-bond donors (Lipinski definition) is 2. The summed E-state index contributed by atoms with van der Waals surface area (Å²) < 4.78 is 5.32. The van der Waals surface area contributed by atoms with Gasteiger partial charge in [0.2, 0.25) is 0 Å². The molecule has 2 aromatic rings. The fourth-order valence-electron chi connectivity index (χ4n) is 2.77. The largest absolute Gasteiger partial charge is 0.465 e. The molecule has 1 aliphatic heterocycles. The van der Waals surface area contributed by atoms with Crippen LogP contribution in [0.4, 0.5) is 15.3 Å². The number of aromatic nitrogens is 1. The van der Waals surface area contributed by atoms with Gasteiger partial charge in [-0.15, -0.1) is 11.3 Å². The highest BCUT2D eigenvalue weighted by Crippen LogP contribution is 2.29. The van der Waals surface area contributed by atoms with Crippen molar-refractivity contribution in [1.82, 2.24) is 9.88 Å². The topological polar surface area (TPSA) is 91.8 Å². The number of likely N-dealkylation sites (tertiary alicyclic amines) is 1. The van der Waals surface area contributed by atoms with Crippen LogP contribution in [0.3, 0.4) is 0 Å². The summed E-state index contributed by atoms with van der Waals surface area (Å²) in [4.78, 5) is 28.6. The van der Waals surface area contributed by atoms with Crippen LogP contribution in [0.2, 0.25) is 0 Å². The Labute approximate surface area is 149 Å². The summed E-state index contributed by atoms with van der Waals surface area (Å²) in [5.74, 6) is 0.190. The van der Waals surface area contributed by atoms with E-state index in [1.54, 1.807) is 6.20 Å². The second-order valence-corrected chi connectivity index (χ2v) is 6.71. The molecule has 0 unspecified atom stereocenters. The van der Waals surface area contributed by atoms with Gasteiger partial charge in [-0.05, 0) is 30.9 Å². The molecule has 2 N–H and O–H groups in total. The van der Waals surface area contributed by atoms with Crippen molar-refractivity contribution in [3.05, 3.63) is 35.8 Å². The number of hydrogen-bond acceptors (Lipinski definition) is 5. The molecular formula is C17H19N3O4S. The molecule has 8 heteroatoms. The Balaban J connectivity index is 1.52. The third-order valence-corrected chi connectivity index (χ3v) is 4.97. The maximum atomic E-state index is 12.1. The molecule has 3 rings (SSSR count). The molecule has 2 heterocycles. The van der Waals surface area contributed by atoms with E-state index in [4.69, 9.17) is 9.84 Å². The fraction of sp³-hybridized carbons (Fsp3) is 0.353. The molecule has 1 fully saturated rings. The zero-order chi connectivity index (χ0) is 17.6. The molecule has 1 saturated heterocycles. The standard InChI is InChI=1S/C17H19N3O4S/c21-16(24-11-12-5-8-20(9-6-12)17(22)23)19-14-4-2-1-3-13(14)15-18-7-10-25-15/h1-4,7,10,12H,5-6,8-9,11H2,(H,19,21)(H,22,23). The first-order valence-corrected chi connectivity index (χ1v) is 8.92. The Bertz CT molecular complexity index is 727. The number of piperidine rings is 1. The van der Waals surface area contributed by atoms with Crippen molar-refractivity contribution in [2.24, 2.45) is 5.92 Å². The number of nitrogens with one attached hydrogen (secondary N) is 1. The van der Waals surface area contributed by atoms with Gasteiger partial charge in [-0.25, -0.2) is 14.6 Å². The van der Waals surface area contributed by atoms with Crippen molar-refractivity contribution in [2.45, 2.75) is 12.8 Å². The molecule has 0 saturated carbocycles. The van der Waals surface area contributed by atoms with Crippen molar-refractivity contribution in [3.63, 3.8) is 0 Å². The molecule has 1 aromatic heterocycles. The van der Waals surface area contributed by atoms with Gasteiger partial charge in [0.15, 0.2) is 0 Å².